The van der Waals surface area contributed by atoms with E-state index < -0.39 is 11.6 Å². The van der Waals surface area contributed by atoms with Gasteiger partial charge in [0.05, 0.1) is 7.11 Å². The van der Waals surface area contributed by atoms with Gasteiger partial charge in [0, 0.05) is 12.2 Å². The lowest BCUT2D eigenvalue weighted by atomic mass is 10.1. The van der Waals surface area contributed by atoms with Gasteiger partial charge in [-0.3, -0.25) is 9.59 Å². The van der Waals surface area contributed by atoms with Gasteiger partial charge < -0.3 is 9.47 Å². The Bertz CT molecular complexity index is 511. The van der Waals surface area contributed by atoms with E-state index in [9.17, 15) is 9.59 Å². The van der Waals surface area contributed by atoms with Crippen LogP contribution in [0.2, 0.25) is 0 Å². The highest BCUT2D eigenvalue weighted by molar-refractivity contribution is 6.46. The van der Waals surface area contributed by atoms with Crippen LogP contribution in [0, 0.1) is 0 Å². The summed E-state index contributed by atoms with van der Waals surface area (Å²) in [7, 11) is 1.41. The van der Waals surface area contributed by atoms with E-state index in [1.807, 2.05) is 18.2 Å². The summed E-state index contributed by atoms with van der Waals surface area (Å²) in [6.45, 7) is 0. The standard InChI is InChI=1S/C13H10O4/c1-16-12-7-10(14)11(15)8-13(12)17-9-5-3-2-4-6-9/h2-8H,1H3. The molecule has 17 heavy (non-hydrogen) atoms. The van der Waals surface area contributed by atoms with E-state index in [2.05, 4.69) is 0 Å². The fourth-order valence-corrected chi connectivity index (χ4v) is 1.38. The van der Waals surface area contributed by atoms with Crippen LogP contribution in [0.1, 0.15) is 0 Å². The average Bonchev–Trinajstić information content (AvgIpc) is 2.35. The molecule has 0 atom stereocenters. The maximum Gasteiger partial charge on any atom is 0.229 e. The molecule has 2 rings (SSSR count). The molecule has 1 aliphatic rings. The monoisotopic (exact) mass is 230 g/mol. The molecule has 0 aliphatic heterocycles. The smallest absolute Gasteiger partial charge is 0.229 e. The lowest BCUT2D eigenvalue weighted by Crippen LogP contribution is -2.18. The summed E-state index contributed by atoms with van der Waals surface area (Å²) in [5, 5.41) is 0. The van der Waals surface area contributed by atoms with Crippen molar-refractivity contribution in [3.63, 3.8) is 0 Å². The number of benzene rings is 1. The van der Waals surface area contributed by atoms with Crippen LogP contribution in [0.4, 0.5) is 0 Å². The van der Waals surface area contributed by atoms with Crippen molar-refractivity contribution in [1.29, 1.82) is 0 Å². The van der Waals surface area contributed by atoms with E-state index in [-0.39, 0.29) is 11.5 Å². The first-order valence-corrected chi connectivity index (χ1v) is 4.99. The van der Waals surface area contributed by atoms with Crippen molar-refractivity contribution in [3.8, 4) is 5.75 Å². The summed E-state index contributed by atoms with van der Waals surface area (Å²) in [5.41, 5.74) is 0. The molecule has 0 saturated carbocycles. The molecule has 1 aromatic carbocycles. The fourth-order valence-electron chi connectivity index (χ4n) is 1.38. The summed E-state index contributed by atoms with van der Waals surface area (Å²) in [6.07, 6.45) is 2.26. The second-order valence-corrected chi connectivity index (χ2v) is 3.36. The van der Waals surface area contributed by atoms with E-state index in [4.69, 9.17) is 9.47 Å². The third-order valence-electron chi connectivity index (χ3n) is 2.20. The van der Waals surface area contributed by atoms with Gasteiger partial charge in [0.1, 0.15) is 5.75 Å². The van der Waals surface area contributed by atoms with Gasteiger partial charge >= 0.3 is 0 Å². The number of rotatable bonds is 3. The zero-order valence-electron chi connectivity index (χ0n) is 9.17. The van der Waals surface area contributed by atoms with E-state index in [1.165, 1.54) is 7.11 Å². The van der Waals surface area contributed by atoms with Crippen molar-refractivity contribution < 1.29 is 19.1 Å². The van der Waals surface area contributed by atoms with Crippen molar-refractivity contribution >= 4 is 11.6 Å². The molecule has 0 fully saturated rings. The van der Waals surface area contributed by atoms with Gasteiger partial charge in [0.2, 0.25) is 11.6 Å². The second-order valence-electron chi connectivity index (χ2n) is 3.36. The van der Waals surface area contributed by atoms with Crippen molar-refractivity contribution in [2.75, 3.05) is 7.11 Å². The molecule has 0 aromatic heterocycles. The molecule has 0 saturated heterocycles. The van der Waals surface area contributed by atoms with Crippen LogP contribution in [0.25, 0.3) is 0 Å². The molecule has 0 N–H and O–H groups in total. The van der Waals surface area contributed by atoms with Gasteiger partial charge in [0.25, 0.3) is 0 Å². The van der Waals surface area contributed by atoms with Crippen LogP contribution < -0.4 is 4.74 Å². The van der Waals surface area contributed by atoms with Crippen LogP contribution >= 0.6 is 0 Å². The zero-order valence-corrected chi connectivity index (χ0v) is 9.17. The Labute approximate surface area is 98.2 Å². The predicted octanol–water partition coefficient (Wildman–Crippen LogP) is 1.63. The molecule has 0 unspecified atom stereocenters. The molecule has 86 valence electrons. The third-order valence-corrected chi connectivity index (χ3v) is 2.20. The molecule has 4 nitrogen and oxygen atoms in total. The van der Waals surface area contributed by atoms with Crippen LogP contribution in [0.15, 0.2) is 54.0 Å². The zero-order chi connectivity index (χ0) is 12.3. The highest BCUT2D eigenvalue weighted by Gasteiger charge is 2.22. The Morgan fingerprint density at radius 3 is 2.06 bits per heavy atom. The summed E-state index contributed by atoms with van der Waals surface area (Å²) in [6, 6.07) is 8.96. The largest absolute Gasteiger partial charge is 0.493 e. The maximum absolute atomic E-state index is 11.3. The van der Waals surface area contributed by atoms with Gasteiger partial charge in [-0.05, 0) is 12.1 Å². The molecular weight excluding hydrogens is 220 g/mol. The van der Waals surface area contributed by atoms with Gasteiger partial charge in [-0.1, -0.05) is 18.2 Å². The number of para-hydroxylation sites is 1. The summed E-state index contributed by atoms with van der Waals surface area (Å²) in [5.74, 6) is -0.162. The number of carbonyl (C=O) groups excluding carboxylic acids is 2. The Kier molecular flexibility index (Phi) is 3.05. The normalized spacial score (nSPS) is 15.1. The molecule has 1 aliphatic carbocycles. The van der Waals surface area contributed by atoms with Gasteiger partial charge in [-0.25, -0.2) is 0 Å². The average molecular weight is 230 g/mol. The van der Waals surface area contributed by atoms with Crippen molar-refractivity contribution in [2.45, 2.75) is 0 Å². The predicted molar refractivity (Wildman–Crippen MR) is 60.3 cm³/mol. The Balaban J connectivity index is 2.26. The molecule has 0 spiro atoms. The van der Waals surface area contributed by atoms with Crippen molar-refractivity contribution in [1.82, 2.24) is 0 Å². The molecule has 4 heteroatoms. The Morgan fingerprint density at radius 2 is 1.47 bits per heavy atom. The first kappa shape index (κ1) is 11.1. The van der Waals surface area contributed by atoms with Crippen LogP contribution in [0.5, 0.6) is 5.75 Å². The highest BCUT2D eigenvalue weighted by Crippen LogP contribution is 2.21. The summed E-state index contributed by atoms with van der Waals surface area (Å²) in [4.78, 5) is 22.4. The van der Waals surface area contributed by atoms with E-state index >= 15 is 0 Å². The molecule has 0 bridgehead atoms. The number of ether oxygens (including phenoxy) is 2. The number of methoxy groups -OCH3 is 1. The second kappa shape index (κ2) is 4.65. The summed E-state index contributed by atoms with van der Waals surface area (Å²) >= 11 is 0. The molecule has 0 radical (unpaired) electrons. The van der Waals surface area contributed by atoms with E-state index in [1.54, 1.807) is 12.1 Å². The molecule has 0 amide bonds. The SMILES string of the molecule is COC1=CC(=O)C(=O)C=C1Oc1ccccc1. The number of carbonyl (C=O) groups is 2. The minimum atomic E-state index is -0.614. The number of allylic oxidation sites excluding steroid dienone is 2. The minimum absolute atomic E-state index is 0.239. The Hall–Kier alpha value is -2.36. The third kappa shape index (κ3) is 2.42. The van der Waals surface area contributed by atoms with E-state index in [0.717, 1.165) is 12.2 Å². The van der Waals surface area contributed by atoms with Gasteiger partial charge in [-0.2, -0.15) is 0 Å². The number of ketones is 2. The Morgan fingerprint density at radius 1 is 0.882 bits per heavy atom. The fraction of sp³-hybridized carbons (Fsp3) is 0.0769. The lowest BCUT2D eigenvalue weighted by molar-refractivity contribution is -0.131. The van der Waals surface area contributed by atoms with E-state index in [0.29, 0.717) is 5.75 Å². The first-order valence-electron chi connectivity index (χ1n) is 4.99. The molecule has 1 aromatic rings. The van der Waals surface area contributed by atoms with Crippen LogP contribution in [0.3, 0.4) is 0 Å². The van der Waals surface area contributed by atoms with Crippen LogP contribution in [-0.4, -0.2) is 18.7 Å². The molecule has 0 heterocycles. The highest BCUT2D eigenvalue weighted by atomic mass is 16.5. The van der Waals surface area contributed by atoms with Gasteiger partial charge in [-0.15, -0.1) is 0 Å². The van der Waals surface area contributed by atoms with Crippen molar-refractivity contribution in [2.24, 2.45) is 0 Å². The molecular formula is C13H10O4. The van der Waals surface area contributed by atoms with Crippen molar-refractivity contribution in [3.05, 3.63) is 54.0 Å². The quantitative estimate of drug-likeness (QED) is 0.585. The number of hydrogen-bond acceptors (Lipinski definition) is 4. The minimum Gasteiger partial charge on any atom is -0.493 e. The number of hydrogen-bond donors (Lipinski definition) is 0. The van der Waals surface area contributed by atoms with Gasteiger partial charge in [0.15, 0.2) is 11.5 Å². The maximum atomic E-state index is 11.3. The summed E-state index contributed by atoms with van der Waals surface area (Å²) < 4.78 is 10.5. The first-order chi connectivity index (χ1) is 8.20. The van der Waals surface area contributed by atoms with Crippen LogP contribution in [-0.2, 0) is 14.3 Å². The topological polar surface area (TPSA) is 52.6 Å². The lowest BCUT2D eigenvalue weighted by Gasteiger charge is -2.14.